The van der Waals surface area contributed by atoms with Crippen molar-refractivity contribution in [3.8, 4) is 0 Å². The summed E-state index contributed by atoms with van der Waals surface area (Å²) < 4.78 is 13.2. The lowest BCUT2D eigenvalue weighted by atomic mass is 10.0. The third-order valence-electron chi connectivity index (χ3n) is 3.68. The number of ether oxygens (including phenoxy) is 2. The zero-order chi connectivity index (χ0) is 15.6. The zero-order valence-electron chi connectivity index (χ0n) is 13.6. The first-order chi connectivity index (χ1) is 9.84. The average Bonchev–Trinajstić information content (AvgIpc) is 2.85. The minimum atomic E-state index is -0.355. The number of hydrogen-bond acceptors (Lipinski definition) is 3. The van der Waals surface area contributed by atoms with Gasteiger partial charge in [-0.2, -0.15) is 0 Å². The van der Waals surface area contributed by atoms with Crippen LogP contribution in [0.1, 0.15) is 44.2 Å². The van der Waals surface area contributed by atoms with Crippen LogP contribution >= 0.6 is 0 Å². The number of carbonyl (C=O) groups is 1. The number of morpholine rings is 1. The van der Waals surface area contributed by atoms with E-state index >= 15 is 0 Å². The minimum Gasteiger partial charge on any atom is -0.382 e. The third kappa shape index (κ3) is 3.66. The summed E-state index contributed by atoms with van der Waals surface area (Å²) in [7, 11) is 1.65. The normalized spacial score (nSPS) is 21.8. The van der Waals surface area contributed by atoms with Crippen molar-refractivity contribution in [3.63, 3.8) is 0 Å². The molecule has 1 aliphatic rings. The maximum Gasteiger partial charge on any atom is 0.270 e. The van der Waals surface area contributed by atoms with E-state index < -0.39 is 0 Å². The molecule has 2 rings (SSSR count). The second-order valence-electron chi connectivity index (χ2n) is 6.54. The van der Waals surface area contributed by atoms with Crippen molar-refractivity contribution in [3.05, 3.63) is 24.0 Å². The number of amides is 1. The molecule has 0 spiro atoms. The molecule has 0 aliphatic carbocycles. The van der Waals surface area contributed by atoms with Crippen molar-refractivity contribution in [2.24, 2.45) is 0 Å². The van der Waals surface area contributed by atoms with Gasteiger partial charge < -0.3 is 18.9 Å². The Morgan fingerprint density at radius 2 is 2.24 bits per heavy atom. The highest BCUT2D eigenvalue weighted by molar-refractivity contribution is 5.93. The van der Waals surface area contributed by atoms with Gasteiger partial charge in [0.15, 0.2) is 0 Å². The molecule has 0 aromatic carbocycles. The lowest BCUT2D eigenvalue weighted by Gasteiger charge is -2.42. The first kappa shape index (κ1) is 16.0. The minimum absolute atomic E-state index is 0.0613. The van der Waals surface area contributed by atoms with E-state index in [4.69, 9.17) is 9.47 Å². The highest BCUT2D eigenvalue weighted by Crippen LogP contribution is 2.23. The molecule has 1 fully saturated rings. The van der Waals surface area contributed by atoms with E-state index in [0.717, 1.165) is 5.69 Å². The monoisotopic (exact) mass is 294 g/mol. The predicted molar refractivity (Wildman–Crippen MR) is 81.5 cm³/mol. The number of nitrogens with zero attached hydrogens (tertiary/aromatic N) is 2. The highest BCUT2D eigenvalue weighted by Gasteiger charge is 2.36. The maximum atomic E-state index is 12.8. The van der Waals surface area contributed by atoms with Gasteiger partial charge in [-0.05, 0) is 39.8 Å². The van der Waals surface area contributed by atoms with Crippen LogP contribution < -0.4 is 0 Å². The van der Waals surface area contributed by atoms with Gasteiger partial charge in [0.1, 0.15) is 5.69 Å². The molecular formula is C16H26N2O3. The summed E-state index contributed by atoms with van der Waals surface area (Å²) in [4.78, 5) is 14.7. The molecule has 0 bridgehead atoms. The van der Waals surface area contributed by atoms with Crippen LogP contribution in [0.15, 0.2) is 18.3 Å². The first-order valence-corrected chi connectivity index (χ1v) is 7.47. The molecule has 1 atom stereocenters. The Morgan fingerprint density at radius 1 is 1.52 bits per heavy atom. The largest absolute Gasteiger partial charge is 0.382 e. The van der Waals surface area contributed by atoms with Crippen LogP contribution in [0, 0.1) is 0 Å². The smallest absolute Gasteiger partial charge is 0.270 e. The van der Waals surface area contributed by atoms with Crippen LogP contribution in [0.25, 0.3) is 0 Å². The molecule has 2 heterocycles. The number of methoxy groups -OCH3 is 1. The number of rotatable bonds is 4. The molecule has 118 valence electrons. The average molecular weight is 294 g/mol. The second-order valence-corrected chi connectivity index (χ2v) is 6.54. The maximum absolute atomic E-state index is 12.8. The van der Waals surface area contributed by atoms with E-state index in [1.165, 1.54) is 0 Å². The fraction of sp³-hybridized carbons (Fsp3) is 0.688. The van der Waals surface area contributed by atoms with E-state index in [1.54, 1.807) is 7.11 Å². The Bertz CT molecular complexity index is 493. The fourth-order valence-electron chi connectivity index (χ4n) is 2.91. The number of carbonyl (C=O) groups excluding carboxylic acids is 1. The Labute approximate surface area is 126 Å². The van der Waals surface area contributed by atoms with Crippen molar-refractivity contribution in [2.45, 2.75) is 45.4 Å². The van der Waals surface area contributed by atoms with Crippen LogP contribution in [0.5, 0.6) is 0 Å². The van der Waals surface area contributed by atoms with Crippen molar-refractivity contribution >= 4 is 5.91 Å². The molecule has 21 heavy (non-hydrogen) atoms. The van der Waals surface area contributed by atoms with Gasteiger partial charge in [0.25, 0.3) is 5.91 Å². The lowest BCUT2D eigenvalue weighted by Crippen LogP contribution is -2.55. The summed E-state index contributed by atoms with van der Waals surface area (Å²) in [6, 6.07) is 4.07. The van der Waals surface area contributed by atoms with Crippen LogP contribution in [0.3, 0.4) is 0 Å². The Morgan fingerprint density at radius 3 is 2.86 bits per heavy atom. The van der Waals surface area contributed by atoms with Crippen LogP contribution in [-0.2, 0) is 9.47 Å². The van der Waals surface area contributed by atoms with Crippen LogP contribution in [0.4, 0.5) is 0 Å². The van der Waals surface area contributed by atoms with Gasteiger partial charge in [-0.3, -0.25) is 4.79 Å². The zero-order valence-corrected chi connectivity index (χ0v) is 13.6. The second kappa shape index (κ2) is 6.20. The molecule has 1 unspecified atom stereocenters. The van der Waals surface area contributed by atoms with E-state index in [-0.39, 0.29) is 23.7 Å². The topological polar surface area (TPSA) is 43.7 Å². The molecule has 5 nitrogen and oxygen atoms in total. The van der Waals surface area contributed by atoms with Gasteiger partial charge in [-0.1, -0.05) is 0 Å². The van der Waals surface area contributed by atoms with E-state index in [2.05, 4.69) is 13.8 Å². The molecule has 0 saturated carbocycles. The summed E-state index contributed by atoms with van der Waals surface area (Å²) in [6.07, 6.45) is 1.88. The Hall–Kier alpha value is -1.33. The van der Waals surface area contributed by atoms with Gasteiger partial charge in [-0.25, -0.2) is 0 Å². The third-order valence-corrected chi connectivity index (χ3v) is 3.68. The molecule has 0 radical (unpaired) electrons. The van der Waals surface area contributed by atoms with Crippen molar-refractivity contribution < 1.29 is 14.3 Å². The van der Waals surface area contributed by atoms with E-state index in [0.29, 0.717) is 19.7 Å². The molecule has 1 aromatic heterocycles. The van der Waals surface area contributed by atoms with Crippen LogP contribution in [0.2, 0.25) is 0 Å². The standard InChI is InChI=1S/C16H26N2O3/c1-12(2)18-8-6-7-14(18)15(19)17-9-13(10-20-5)21-16(3,4)11-17/h6-8,12-13H,9-11H2,1-5H3. The highest BCUT2D eigenvalue weighted by atomic mass is 16.5. The lowest BCUT2D eigenvalue weighted by molar-refractivity contribution is -0.143. The van der Waals surface area contributed by atoms with Crippen LogP contribution in [-0.4, -0.2) is 53.9 Å². The van der Waals surface area contributed by atoms with Gasteiger partial charge in [0.05, 0.1) is 18.3 Å². The molecule has 1 aliphatic heterocycles. The number of aromatic nitrogens is 1. The summed E-state index contributed by atoms with van der Waals surface area (Å²) >= 11 is 0. The molecule has 1 amide bonds. The molecule has 5 heteroatoms. The van der Waals surface area contributed by atoms with Gasteiger partial charge in [-0.15, -0.1) is 0 Å². The van der Waals surface area contributed by atoms with E-state index in [9.17, 15) is 4.79 Å². The van der Waals surface area contributed by atoms with Gasteiger partial charge in [0, 0.05) is 32.4 Å². The summed E-state index contributed by atoms with van der Waals surface area (Å²) in [5.41, 5.74) is 0.380. The fourth-order valence-corrected chi connectivity index (χ4v) is 2.91. The number of hydrogen-bond donors (Lipinski definition) is 0. The van der Waals surface area contributed by atoms with E-state index in [1.807, 2.05) is 41.6 Å². The molecule has 1 aromatic rings. The summed E-state index contributed by atoms with van der Waals surface area (Å²) in [5.74, 6) is 0.0613. The first-order valence-electron chi connectivity index (χ1n) is 7.47. The van der Waals surface area contributed by atoms with Gasteiger partial charge in [0.2, 0.25) is 0 Å². The quantitative estimate of drug-likeness (QED) is 0.856. The SMILES string of the molecule is COCC1CN(C(=O)c2cccn2C(C)C)CC(C)(C)O1. The molecule has 0 N–H and O–H groups in total. The Kier molecular flexibility index (Phi) is 4.74. The Balaban J connectivity index is 2.19. The predicted octanol–water partition coefficient (Wildman–Crippen LogP) is 2.33. The van der Waals surface area contributed by atoms with Crippen molar-refractivity contribution in [2.75, 3.05) is 26.8 Å². The summed E-state index contributed by atoms with van der Waals surface area (Å²) in [5, 5.41) is 0. The van der Waals surface area contributed by atoms with Gasteiger partial charge >= 0.3 is 0 Å². The van der Waals surface area contributed by atoms with Crippen molar-refractivity contribution in [1.82, 2.24) is 9.47 Å². The molecular weight excluding hydrogens is 268 g/mol. The summed E-state index contributed by atoms with van der Waals surface area (Å²) in [6.45, 7) is 9.84. The van der Waals surface area contributed by atoms with Crippen molar-refractivity contribution in [1.29, 1.82) is 0 Å². The molecule has 1 saturated heterocycles.